The first-order valence-corrected chi connectivity index (χ1v) is 10.6. The van der Waals surface area contributed by atoms with Crippen molar-refractivity contribution in [3.8, 4) is 0 Å². The van der Waals surface area contributed by atoms with E-state index in [4.69, 9.17) is 0 Å². The topological polar surface area (TPSA) is 98.2 Å². The first kappa shape index (κ1) is 19.0. The van der Waals surface area contributed by atoms with Gasteiger partial charge in [0.1, 0.15) is 0 Å². The van der Waals surface area contributed by atoms with Gasteiger partial charge in [0.15, 0.2) is 11.6 Å². The molecular formula is C22H26N6O2. The van der Waals surface area contributed by atoms with Crippen LogP contribution in [0.15, 0.2) is 36.7 Å². The lowest BCUT2D eigenvalue weighted by Gasteiger charge is -2.40. The van der Waals surface area contributed by atoms with E-state index in [1.54, 1.807) is 17.3 Å². The third-order valence-corrected chi connectivity index (χ3v) is 6.37. The molecule has 156 valence electrons. The number of aromatic amines is 1. The van der Waals surface area contributed by atoms with Gasteiger partial charge in [-0.25, -0.2) is 9.97 Å². The van der Waals surface area contributed by atoms with Gasteiger partial charge in [-0.15, -0.1) is 0 Å². The van der Waals surface area contributed by atoms with E-state index in [1.165, 1.54) is 0 Å². The van der Waals surface area contributed by atoms with E-state index >= 15 is 0 Å². The summed E-state index contributed by atoms with van der Waals surface area (Å²) in [5, 5.41) is 9.85. The highest BCUT2D eigenvalue weighted by molar-refractivity contribution is 5.94. The average Bonchev–Trinajstić information content (AvgIpc) is 3.17. The smallest absolute Gasteiger partial charge is 0.289 e. The Bertz CT molecular complexity index is 1020. The molecule has 2 aliphatic heterocycles. The number of piperidine rings is 1. The monoisotopic (exact) mass is 406 g/mol. The first-order valence-electron chi connectivity index (χ1n) is 10.6. The molecule has 2 N–H and O–H groups in total. The second-order valence-corrected chi connectivity index (χ2v) is 8.34. The number of aliphatic hydroxyl groups excluding tert-OH is 1. The highest BCUT2D eigenvalue weighted by atomic mass is 16.3. The number of para-hydroxylation sites is 2. The summed E-state index contributed by atoms with van der Waals surface area (Å²) in [5.74, 6) is 1.75. The molecule has 2 aliphatic rings. The predicted octanol–water partition coefficient (Wildman–Crippen LogP) is 2.19. The van der Waals surface area contributed by atoms with Gasteiger partial charge in [0.25, 0.3) is 5.91 Å². The minimum absolute atomic E-state index is 0.0781. The van der Waals surface area contributed by atoms with Gasteiger partial charge in [-0.05, 0) is 37.8 Å². The molecule has 8 heteroatoms. The molecule has 30 heavy (non-hydrogen) atoms. The molecular weight excluding hydrogens is 380 g/mol. The van der Waals surface area contributed by atoms with E-state index in [-0.39, 0.29) is 17.9 Å². The van der Waals surface area contributed by atoms with Crippen molar-refractivity contribution < 1.29 is 9.90 Å². The molecule has 4 heterocycles. The van der Waals surface area contributed by atoms with Crippen LogP contribution < -0.4 is 4.90 Å². The molecule has 0 aliphatic carbocycles. The minimum atomic E-state index is -0.266. The number of amides is 1. The number of aromatic nitrogens is 4. The number of carbonyl (C=O) groups excluding carboxylic acids is 1. The van der Waals surface area contributed by atoms with Gasteiger partial charge in [-0.1, -0.05) is 12.1 Å². The maximum absolute atomic E-state index is 12.8. The van der Waals surface area contributed by atoms with Crippen LogP contribution in [0.2, 0.25) is 0 Å². The van der Waals surface area contributed by atoms with Crippen molar-refractivity contribution in [1.82, 2.24) is 24.8 Å². The van der Waals surface area contributed by atoms with Crippen LogP contribution in [0, 0.1) is 5.92 Å². The van der Waals surface area contributed by atoms with Crippen LogP contribution in [0.1, 0.15) is 42.0 Å². The predicted molar refractivity (Wildman–Crippen MR) is 113 cm³/mol. The SMILES string of the molecule is C[C@H](O)C1CCN(c2nccnc2C2CN(C(=O)c3nc4ccccc4[nH]3)C2)CC1. The highest BCUT2D eigenvalue weighted by Crippen LogP contribution is 2.34. The fourth-order valence-corrected chi connectivity index (χ4v) is 4.49. The summed E-state index contributed by atoms with van der Waals surface area (Å²) in [5.41, 5.74) is 2.63. The lowest BCUT2D eigenvalue weighted by molar-refractivity contribution is 0.0587. The number of hydrogen-bond acceptors (Lipinski definition) is 6. The zero-order chi connectivity index (χ0) is 20.7. The largest absolute Gasteiger partial charge is 0.393 e. The summed E-state index contributed by atoms with van der Waals surface area (Å²) in [4.78, 5) is 33.7. The van der Waals surface area contributed by atoms with Gasteiger partial charge < -0.3 is 19.9 Å². The second kappa shape index (κ2) is 7.68. The molecule has 8 nitrogen and oxygen atoms in total. The lowest BCUT2D eigenvalue weighted by Crippen LogP contribution is -2.49. The van der Waals surface area contributed by atoms with Crippen molar-refractivity contribution in [3.05, 3.63) is 48.2 Å². The number of aliphatic hydroxyl groups is 1. The number of carbonyl (C=O) groups is 1. The quantitative estimate of drug-likeness (QED) is 0.689. The number of likely N-dealkylation sites (tertiary alicyclic amines) is 1. The molecule has 2 aromatic heterocycles. The zero-order valence-corrected chi connectivity index (χ0v) is 17.0. The molecule has 1 aromatic carbocycles. The number of imidazole rings is 1. The molecule has 0 bridgehead atoms. The number of anilines is 1. The van der Waals surface area contributed by atoms with Gasteiger partial charge in [-0.2, -0.15) is 0 Å². The first-order chi connectivity index (χ1) is 14.6. The standard InChI is InChI=1S/C22H26N6O2/c1-14(29)15-6-10-27(11-7-15)21-19(23-8-9-24-21)16-12-28(13-16)22(30)20-25-17-4-2-3-5-18(17)26-20/h2-5,8-9,14-16,29H,6-7,10-13H2,1H3,(H,25,26)/t14-/m0/s1. The van der Waals surface area contributed by atoms with Gasteiger partial charge in [0.05, 0.1) is 22.8 Å². The summed E-state index contributed by atoms with van der Waals surface area (Å²) < 4.78 is 0. The number of fused-ring (bicyclic) bond motifs is 1. The molecule has 3 aromatic rings. The summed E-state index contributed by atoms with van der Waals surface area (Å²) >= 11 is 0. The van der Waals surface area contributed by atoms with Crippen LogP contribution in [0.5, 0.6) is 0 Å². The van der Waals surface area contributed by atoms with Gasteiger partial charge in [-0.3, -0.25) is 9.78 Å². The number of nitrogens with one attached hydrogen (secondary N) is 1. The summed E-state index contributed by atoms with van der Waals surface area (Å²) in [6.07, 6.45) is 5.10. The second-order valence-electron chi connectivity index (χ2n) is 8.34. The Morgan fingerprint density at radius 3 is 2.63 bits per heavy atom. The fourth-order valence-electron chi connectivity index (χ4n) is 4.49. The van der Waals surface area contributed by atoms with Crippen molar-refractivity contribution in [3.63, 3.8) is 0 Å². The Morgan fingerprint density at radius 1 is 1.17 bits per heavy atom. The number of H-pyrrole nitrogens is 1. The Morgan fingerprint density at radius 2 is 1.90 bits per heavy atom. The minimum Gasteiger partial charge on any atom is -0.393 e. The third kappa shape index (κ3) is 3.41. The molecule has 0 saturated carbocycles. The molecule has 2 fully saturated rings. The molecule has 1 amide bonds. The van der Waals surface area contributed by atoms with Crippen LogP contribution in [0.3, 0.4) is 0 Å². The average molecular weight is 406 g/mol. The number of rotatable bonds is 4. The molecule has 0 spiro atoms. The van der Waals surface area contributed by atoms with Crippen molar-refractivity contribution in [2.24, 2.45) is 5.92 Å². The molecule has 0 unspecified atom stereocenters. The van der Waals surface area contributed by atoms with Crippen molar-refractivity contribution in [1.29, 1.82) is 0 Å². The number of nitrogens with zero attached hydrogens (tertiary/aromatic N) is 5. The summed E-state index contributed by atoms with van der Waals surface area (Å²) in [7, 11) is 0. The van der Waals surface area contributed by atoms with Crippen LogP contribution in [-0.2, 0) is 0 Å². The van der Waals surface area contributed by atoms with E-state index in [0.717, 1.165) is 48.5 Å². The maximum Gasteiger partial charge on any atom is 0.289 e. The van der Waals surface area contributed by atoms with Crippen LogP contribution in [0.4, 0.5) is 5.82 Å². The molecule has 1 atom stereocenters. The molecule has 2 saturated heterocycles. The Hall–Kier alpha value is -3.00. The van der Waals surface area contributed by atoms with E-state index in [0.29, 0.717) is 24.8 Å². The lowest BCUT2D eigenvalue weighted by atomic mass is 9.91. The molecule has 5 rings (SSSR count). The van der Waals surface area contributed by atoms with Crippen LogP contribution in [0.25, 0.3) is 11.0 Å². The Kier molecular flexibility index (Phi) is 4.86. The molecule has 0 radical (unpaired) electrons. The van der Waals surface area contributed by atoms with Crippen molar-refractivity contribution in [2.45, 2.75) is 31.8 Å². The number of hydrogen-bond donors (Lipinski definition) is 2. The Labute approximate surface area is 175 Å². The highest BCUT2D eigenvalue weighted by Gasteiger charge is 2.37. The van der Waals surface area contributed by atoms with Crippen molar-refractivity contribution >= 4 is 22.8 Å². The maximum atomic E-state index is 12.8. The number of benzene rings is 1. The third-order valence-electron chi connectivity index (χ3n) is 6.37. The van der Waals surface area contributed by atoms with E-state index in [1.807, 2.05) is 31.2 Å². The van der Waals surface area contributed by atoms with E-state index in [9.17, 15) is 9.90 Å². The van der Waals surface area contributed by atoms with Gasteiger partial charge in [0.2, 0.25) is 0 Å². The Balaban J connectivity index is 1.27. The van der Waals surface area contributed by atoms with E-state index < -0.39 is 0 Å². The van der Waals surface area contributed by atoms with Crippen LogP contribution >= 0.6 is 0 Å². The van der Waals surface area contributed by atoms with Crippen molar-refractivity contribution in [2.75, 3.05) is 31.1 Å². The summed E-state index contributed by atoms with van der Waals surface area (Å²) in [6, 6.07) is 7.66. The summed E-state index contributed by atoms with van der Waals surface area (Å²) in [6.45, 7) is 4.85. The van der Waals surface area contributed by atoms with Crippen LogP contribution in [-0.4, -0.2) is 68.1 Å². The normalized spacial score (nSPS) is 19.1. The fraction of sp³-hybridized carbons (Fsp3) is 0.455. The van der Waals surface area contributed by atoms with E-state index in [2.05, 4.69) is 24.8 Å². The van der Waals surface area contributed by atoms with Gasteiger partial charge >= 0.3 is 0 Å². The zero-order valence-electron chi connectivity index (χ0n) is 17.0. The van der Waals surface area contributed by atoms with Gasteiger partial charge in [0, 0.05) is 44.5 Å².